The lowest BCUT2D eigenvalue weighted by Crippen LogP contribution is -2.26. The number of Topliss-reactive ketones (excluding diaryl/α,β-unsaturated/α-hetero) is 1. The number of carboxylic acid groups (broad SMARTS) is 1. The van der Waals surface area contributed by atoms with Gasteiger partial charge in [-0.3, -0.25) is 14.6 Å². The van der Waals surface area contributed by atoms with Gasteiger partial charge in [-0.25, -0.2) is 0 Å². The molecule has 1 aliphatic carbocycles. The zero-order chi connectivity index (χ0) is 20.6. The van der Waals surface area contributed by atoms with Crippen molar-refractivity contribution >= 4 is 22.7 Å². The molecule has 7 nitrogen and oxygen atoms in total. The molecule has 1 aliphatic rings. The van der Waals surface area contributed by atoms with Crippen molar-refractivity contribution < 1.29 is 29.3 Å². The van der Waals surface area contributed by atoms with Crippen LogP contribution in [0.25, 0.3) is 10.9 Å². The van der Waals surface area contributed by atoms with Gasteiger partial charge in [0.15, 0.2) is 17.3 Å². The van der Waals surface area contributed by atoms with Crippen LogP contribution in [0.15, 0.2) is 48.7 Å². The minimum Gasteiger partial charge on any atom is -0.504 e. The molecule has 1 fully saturated rings. The van der Waals surface area contributed by atoms with E-state index in [4.69, 9.17) is 9.47 Å². The molecular weight excluding hydrogens is 374 g/mol. The molecule has 0 unspecified atom stereocenters. The van der Waals surface area contributed by atoms with E-state index in [-0.39, 0.29) is 18.0 Å². The van der Waals surface area contributed by atoms with Crippen molar-refractivity contribution in [2.24, 2.45) is 5.41 Å². The fourth-order valence-corrected chi connectivity index (χ4v) is 3.28. The number of aromatic nitrogens is 1. The molecule has 0 aliphatic heterocycles. The summed E-state index contributed by atoms with van der Waals surface area (Å²) in [7, 11) is 1.47. The van der Waals surface area contributed by atoms with E-state index in [2.05, 4.69) is 4.98 Å². The van der Waals surface area contributed by atoms with Crippen molar-refractivity contribution in [2.45, 2.75) is 19.3 Å². The number of carboxylic acids is 1. The average Bonchev–Trinajstić information content (AvgIpc) is 3.52. The van der Waals surface area contributed by atoms with E-state index in [0.717, 1.165) is 5.56 Å². The van der Waals surface area contributed by atoms with Crippen LogP contribution in [0.4, 0.5) is 0 Å². The average molecular weight is 393 g/mol. The van der Waals surface area contributed by atoms with Gasteiger partial charge in [0.2, 0.25) is 0 Å². The molecule has 0 saturated heterocycles. The monoisotopic (exact) mass is 393 g/mol. The SMILES string of the molecule is COc1cc2nccc(Oc3ccc(CC(=O)C4(C(=O)O)CC4)cc3)c2cc1O. The van der Waals surface area contributed by atoms with Gasteiger partial charge in [0.1, 0.15) is 16.9 Å². The summed E-state index contributed by atoms with van der Waals surface area (Å²) in [6.07, 6.45) is 2.50. The first-order chi connectivity index (χ1) is 13.9. The minimum atomic E-state index is -1.19. The fraction of sp³-hybridized carbons (Fsp3) is 0.227. The molecule has 0 radical (unpaired) electrons. The Bertz CT molecular complexity index is 1100. The predicted octanol–water partition coefficient (Wildman–Crippen LogP) is 3.72. The van der Waals surface area contributed by atoms with Crippen LogP contribution < -0.4 is 9.47 Å². The number of rotatable bonds is 7. The van der Waals surface area contributed by atoms with Crippen LogP contribution in [0.1, 0.15) is 18.4 Å². The number of ketones is 1. The summed E-state index contributed by atoms with van der Waals surface area (Å²) >= 11 is 0. The molecule has 2 N–H and O–H groups in total. The van der Waals surface area contributed by atoms with Gasteiger partial charge in [-0.1, -0.05) is 12.1 Å². The van der Waals surface area contributed by atoms with Gasteiger partial charge in [-0.05, 0) is 42.7 Å². The van der Waals surface area contributed by atoms with Gasteiger partial charge in [0.05, 0.1) is 12.6 Å². The number of pyridine rings is 1. The maximum absolute atomic E-state index is 12.3. The van der Waals surface area contributed by atoms with Gasteiger partial charge < -0.3 is 19.7 Å². The standard InChI is InChI=1S/C22H19NO6/c1-28-19-12-16-15(11-17(19)24)18(6-9-23-16)29-14-4-2-13(3-5-14)10-20(25)22(7-8-22)21(26)27/h2-6,9,11-12,24H,7-8,10H2,1H3,(H,26,27). The van der Waals surface area contributed by atoms with Gasteiger partial charge in [0.25, 0.3) is 0 Å². The smallest absolute Gasteiger partial charge is 0.317 e. The second-order valence-electron chi connectivity index (χ2n) is 7.08. The Kier molecular flexibility index (Phi) is 4.58. The summed E-state index contributed by atoms with van der Waals surface area (Å²) in [5, 5.41) is 19.9. The van der Waals surface area contributed by atoms with Crippen molar-refractivity contribution in [3.05, 3.63) is 54.2 Å². The van der Waals surface area contributed by atoms with E-state index in [9.17, 15) is 19.8 Å². The van der Waals surface area contributed by atoms with Crippen molar-refractivity contribution in [3.8, 4) is 23.0 Å². The lowest BCUT2D eigenvalue weighted by molar-refractivity contribution is -0.148. The van der Waals surface area contributed by atoms with E-state index in [1.54, 1.807) is 42.6 Å². The van der Waals surface area contributed by atoms with E-state index >= 15 is 0 Å². The van der Waals surface area contributed by atoms with E-state index in [1.165, 1.54) is 13.2 Å². The number of phenols is 1. The highest BCUT2D eigenvalue weighted by Gasteiger charge is 2.56. The fourth-order valence-electron chi connectivity index (χ4n) is 3.28. The summed E-state index contributed by atoms with van der Waals surface area (Å²) in [6.45, 7) is 0. The summed E-state index contributed by atoms with van der Waals surface area (Å²) in [5.74, 6) is 0.0724. The normalized spacial score (nSPS) is 14.4. The van der Waals surface area contributed by atoms with Crippen molar-refractivity contribution in [3.63, 3.8) is 0 Å². The van der Waals surface area contributed by atoms with Crippen LogP contribution in [0.2, 0.25) is 0 Å². The summed E-state index contributed by atoms with van der Waals surface area (Å²) in [4.78, 5) is 27.8. The Hall–Kier alpha value is -3.61. The van der Waals surface area contributed by atoms with Crippen LogP contribution in [0, 0.1) is 5.41 Å². The number of phenolic OH excluding ortho intramolecular Hbond substituents is 1. The number of aliphatic carboxylic acids is 1. The Labute approximate surface area is 166 Å². The topological polar surface area (TPSA) is 106 Å². The molecule has 1 aromatic heterocycles. The Morgan fingerprint density at radius 2 is 1.83 bits per heavy atom. The molecule has 0 bridgehead atoms. The molecule has 2 aromatic carbocycles. The quantitative estimate of drug-likeness (QED) is 0.589. The molecule has 4 rings (SSSR count). The largest absolute Gasteiger partial charge is 0.504 e. The number of hydrogen-bond acceptors (Lipinski definition) is 6. The van der Waals surface area contributed by atoms with Crippen LogP contribution >= 0.6 is 0 Å². The molecule has 1 heterocycles. The predicted molar refractivity (Wildman–Crippen MR) is 104 cm³/mol. The van der Waals surface area contributed by atoms with Gasteiger partial charge in [0, 0.05) is 24.1 Å². The number of ether oxygens (including phenoxy) is 2. The molecule has 0 spiro atoms. The number of hydrogen-bond donors (Lipinski definition) is 2. The third kappa shape index (κ3) is 3.47. The van der Waals surface area contributed by atoms with Crippen LogP contribution in [0.5, 0.6) is 23.0 Å². The number of nitrogens with zero attached hydrogens (tertiary/aromatic N) is 1. The molecule has 3 aromatic rings. The van der Waals surface area contributed by atoms with Gasteiger partial charge in [-0.15, -0.1) is 0 Å². The second-order valence-corrected chi connectivity index (χ2v) is 7.08. The molecule has 29 heavy (non-hydrogen) atoms. The Morgan fingerprint density at radius 1 is 1.10 bits per heavy atom. The first-order valence-corrected chi connectivity index (χ1v) is 9.12. The number of methoxy groups -OCH3 is 1. The molecule has 148 valence electrons. The number of fused-ring (bicyclic) bond motifs is 1. The maximum Gasteiger partial charge on any atom is 0.317 e. The zero-order valence-electron chi connectivity index (χ0n) is 15.7. The van der Waals surface area contributed by atoms with E-state index in [1.807, 2.05) is 0 Å². The van der Waals surface area contributed by atoms with E-state index in [0.29, 0.717) is 41.0 Å². The lowest BCUT2D eigenvalue weighted by Gasteiger charge is -2.12. The van der Waals surface area contributed by atoms with Crippen molar-refractivity contribution in [2.75, 3.05) is 7.11 Å². The second kappa shape index (κ2) is 7.09. The van der Waals surface area contributed by atoms with Crippen LogP contribution in [-0.2, 0) is 16.0 Å². The first-order valence-electron chi connectivity index (χ1n) is 9.12. The number of benzene rings is 2. The molecule has 0 atom stereocenters. The minimum absolute atomic E-state index is 0.0147. The van der Waals surface area contributed by atoms with Gasteiger partial charge in [-0.2, -0.15) is 0 Å². The lowest BCUT2D eigenvalue weighted by atomic mass is 9.95. The summed E-state index contributed by atoms with van der Waals surface area (Å²) in [6, 6.07) is 11.8. The third-order valence-electron chi connectivity index (χ3n) is 5.21. The van der Waals surface area contributed by atoms with E-state index < -0.39 is 11.4 Å². The molecule has 0 amide bonds. The highest BCUT2D eigenvalue weighted by Crippen LogP contribution is 2.47. The molecule has 1 saturated carbocycles. The molecular formula is C22H19NO6. The maximum atomic E-state index is 12.3. The highest BCUT2D eigenvalue weighted by atomic mass is 16.5. The zero-order valence-corrected chi connectivity index (χ0v) is 15.7. The van der Waals surface area contributed by atoms with Crippen molar-refractivity contribution in [1.29, 1.82) is 0 Å². The van der Waals surface area contributed by atoms with Crippen LogP contribution in [0.3, 0.4) is 0 Å². The highest BCUT2D eigenvalue weighted by molar-refractivity contribution is 6.06. The Balaban J connectivity index is 1.53. The number of aromatic hydroxyl groups is 1. The summed E-state index contributed by atoms with van der Waals surface area (Å²) < 4.78 is 11.0. The van der Waals surface area contributed by atoms with Gasteiger partial charge >= 0.3 is 5.97 Å². The summed E-state index contributed by atoms with van der Waals surface area (Å²) in [5.41, 5.74) is 0.161. The number of carbonyl (C=O) groups excluding carboxylic acids is 1. The molecule has 7 heteroatoms. The third-order valence-corrected chi connectivity index (χ3v) is 5.21. The number of carbonyl (C=O) groups is 2. The first kappa shape index (κ1) is 18.7. The van der Waals surface area contributed by atoms with Crippen molar-refractivity contribution in [1.82, 2.24) is 4.98 Å². The van der Waals surface area contributed by atoms with Crippen LogP contribution in [-0.4, -0.2) is 34.1 Å². The Morgan fingerprint density at radius 3 is 2.45 bits per heavy atom.